The molecule has 0 amide bonds. The van der Waals surface area contributed by atoms with Gasteiger partial charge in [-0.15, -0.1) is 0 Å². The van der Waals surface area contributed by atoms with Crippen LogP contribution in [0.15, 0.2) is 28.7 Å². The molecule has 0 fully saturated rings. The molecule has 0 radical (unpaired) electrons. The maximum absolute atomic E-state index is 10.6. The molecule has 16 heavy (non-hydrogen) atoms. The highest BCUT2D eigenvalue weighted by atomic mass is 79.9. The monoisotopic (exact) mass is 282 g/mol. The van der Waals surface area contributed by atoms with Crippen LogP contribution >= 0.6 is 15.9 Å². The number of rotatable bonds is 4. The van der Waals surface area contributed by atoms with Crippen LogP contribution in [0.4, 0.5) is 0 Å². The standard InChI is InChI=1S/C11H11BrN2O2/c1-14(7-11(15)16)10(6-13)8-4-2-3-5-9(8)12/h2-5,10H,7H2,1H3,(H,15,16). The minimum atomic E-state index is -0.949. The quantitative estimate of drug-likeness (QED) is 0.918. The van der Waals surface area contributed by atoms with Gasteiger partial charge in [0.05, 0.1) is 12.6 Å². The van der Waals surface area contributed by atoms with Crippen molar-refractivity contribution in [3.05, 3.63) is 34.3 Å². The molecular weight excluding hydrogens is 272 g/mol. The van der Waals surface area contributed by atoms with Crippen molar-refractivity contribution in [1.82, 2.24) is 4.90 Å². The molecule has 1 aromatic rings. The Morgan fingerprint density at radius 1 is 1.62 bits per heavy atom. The number of likely N-dealkylation sites (N-methyl/N-ethyl adjacent to an activating group) is 1. The number of carboxylic acids is 1. The summed E-state index contributed by atoms with van der Waals surface area (Å²) in [4.78, 5) is 12.1. The van der Waals surface area contributed by atoms with Gasteiger partial charge in [0.1, 0.15) is 6.04 Å². The number of benzene rings is 1. The van der Waals surface area contributed by atoms with Crippen molar-refractivity contribution in [2.24, 2.45) is 0 Å². The number of halogens is 1. The van der Waals surface area contributed by atoms with E-state index in [4.69, 9.17) is 10.4 Å². The molecule has 0 saturated heterocycles. The lowest BCUT2D eigenvalue weighted by atomic mass is 10.1. The fourth-order valence-corrected chi connectivity index (χ4v) is 1.91. The van der Waals surface area contributed by atoms with Crippen LogP contribution < -0.4 is 0 Å². The lowest BCUT2D eigenvalue weighted by molar-refractivity contribution is -0.138. The molecule has 0 bridgehead atoms. The maximum atomic E-state index is 10.6. The van der Waals surface area contributed by atoms with Crippen molar-refractivity contribution in [2.75, 3.05) is 13.6 Å². The Bertz CT molecular complexity index is 428. The van der Waals surface area contributed by atoms with Crippen molar-refractivity contribution in [3.63, 3.8) is 0 Å². The van der Waals surface area contributed by atoms with Gasteiger partial charge < -0.3 is 5.11 Å². The largest absolute Gasteiger partial charge is 0.480 e. The second-order valence-corrected chi connectivity index (χ2v) is 4.22. The van der Waals surface area contributed by atoms with Crippen LogP contribution in [0.2, 0.25) is 0 Å². The predicted octanol–water partition coefficient (Wildman–Crippen LogP) is 2.03. The molecule has 1 aromatic carbocycles. The van der Waals surface area contributed by atoms with Crippen LogP contribution in [0.5, 0.6) is 0 Å². The Morgan fingerprint density at radius 2 is 2.25 bits per heavy atom. The molecule has 4 nitrogen and oxygen atoms in total. The van der Waals surface area contributed by atoms with E-state index in [2.05, 4.69) is 22.0 Å². The van der Waals surface area contributed by atoms with Gasteiger partial charge in [-0.2, -0.15) is 5.26 Å². The first kappa shape index (κ1) is 12.7. The summed E-state index contributed by atoms with van der Waals surface area (Å²) in [5.41, 5.74) is 0.772. The van der Waals surface area contributed by atoms with Gasteiger partial charge in [-0.1, -0.05) is 34.1 Å². The van der Waals surface area contributed by atoms with Gasteiger partial charge in [0, 0.05) is 4.47 Å². The molecule has 1 atom stereocenters. The first-order valence-electron chi connectivity index (χ1n) is 4.62. The zero-order valence-electron chi connectivity index (χ0n) is 8.72. The van der Waals surface area contributed by atoms with E-state index >= 15 is 0 Å². The minimum Gasteiger partial charge on any atom is -0.480 e. The summed E-state index contributed by atoms with van der Waals surface area (Å²) in [5.74, 6) is -0.949. The highest BCUT2D eigenvalue weighted by Crippen LogP contribution is 2.26. The zero-order valence-corrected chi connectivity index (χ0v) is 10.3. The fourth-order valence-electron chi connectivity index (χ4n) is 1.41. The highest BCUT2D eigenvalue weighted by Gasteiger charge is 2.20. The number of nitriles is 1. The first-order chi connectivity index (χ1) is 7.56. The molecule has 1 N–H and O–H groups in total. The van der Waals surface area contributed by atoms with Gasteiger partial charge in [-0.25, -0.2) is 0 Å². The van der Waals surface area contributed by atoms with Crippen molar-refractivity contribution in [2.45, 2.75) is 6.04 Å². The Kier molecular flexibility index (Phi) is 4.47. The third kappa shape index (κ3) is 3.05. The van der Waals surface area contributed by atoms with Gasteiger partial charge in [-0.3, -0.25) is 9.69 Å². The van der Waals surface area contributed by atoms with Crippen molar-refractivity contribution in [3.8, 4) is 6.07 Å². The molecule has 0 saturated carbocycles. The highest BCUT2D eigenvalue weighted by molar-refractivity contribution is 9.10. The Balaban J connectivity index is 2.96. The Hall–Kier alpha value is -1.38. The zero-order chi connectivity index (χ0) is 12.1. The summed E-state index contributed by atoms with van der Waals surface area (Å²) < 4.78 is 0.804. The summed E-state index contributed by atoms with van der Waals surface area (Å²) in [6, 6.07) is 8.83. The van der Waals surface area contributed by atoms with Crippen LogP contribution in [0.3, 0.4) is 0 Å². The number of hydrogen-bond acceptors (Lipinski definition) is 3. The van der Waals surface area contributed by atoms with Crippen LogP contribution in [0, 0.1) is 11.3 Å². The summed E-state index contributed by atoms with van der Waals surface area (Å²) in [6.07, 6.45) is 0. The normalized spacial score (nSPS) is 12.1. The third-order valence-electron chi connectivity index (χ3n) is 2.15. The lowest BCUT2D eigenvalue weighted by Gasteiger charge is -2.21. The van der Waals surface area contributed by atoms with Gasteiger partial charge in [0.2, 0.25) is 0 Å². The number of carbonyl (C=O) groups is 1. The minimum absolute atomic E-state index is 0.167. The third-order valence-corrected chi connectivity index (χ3v) is 2.87. The summed E-state index contributed by atoms with van der Waals surface area (Å²) in [6.45, 7) is -0.167. The SMILES string of the molecule is CN(CC(=O)O)C(C#N)c1ccccc1Br. The van der Waals surface area contributed by atoms with E-state index in [-0.39, 0.29) is 6.54 Å². The number of hydrogen-bond donors (Lipinski definition) is 1. The molecule has 84 valence electrons. The molecular formula is C11H11BrN2O2. The fraction of sp³-hybridized carbons (Fsp3) is 0.273. The van der Waals surface area contributed by atoms with Crippen molar-refractivity contribution < 1.29 is 9.90 Å². The van der Waals surface area contributed by atoms with E-state index in [1.807, 2.05) is 18.2 Å². The van der Waals surface area contributed by atoms with Crippen LogP contribution in [-0.2, 0) is 4.79 Å². The predicted molar refractivity (Wildman–Crippen MR) is 62.8 cm³/mol. The van der Waals surface area contributed by atoms with Crippen LogP contribution in [-0.4, -0.2) is 29.6 Å². The Labute approximate surface area is 102 Å². The molecule has 0 aliphatic carbocycles. The number of nitrogens with zero attached hydrogens (tertiary/aromatic N) is 2. The van der Waals surface area contributed by atoms with Crippen molar-refractivity contribution >= 4 is 21.9 Å². The smallest absolute Gasteiger partial charge is 0.317 e. The van der Waals surface area contributed by atoms with E-state index in [0.717, 1.165) is 10.0 Å². The molecule has 0 aromatic heterocycles. The van der Waals surface area contributed by atoms with E-state index in [1.165, 1.54) is 4.90 Å². The molecule has 1 rings (SSSR count). The molecule has 1 unspecified atom stereocenters. The van der Waals surface area contributed by atoms with E-state index in [0.29, 0.717) is 0 Å². The number of carboxylic acid groups (broad SMARTS) is 1. The average molecular weight is 283 g/mol. The van der Waals surface area contributed by atoms with E-state index < -0.39 is 12.0 Å². The van der Waals surface area contributed by atoms with Gasteiger partial charge in [-0.05, 0) is 18.7 Å². The number of aliphatic carboxylic acids is 1. The molecule has 0 heterocycles. The summed E-state index contributed by atoms with van der Waals surface area (Å²) in [7, 11) is 1.61. The maximum Gasteiger partial charge on any atom is 0.317 e. The lowest BCUT2D eigenvalue weighted by Crippen LogP contribution is -2.29. The molecule has 0 spiro atoms. The summed E-state index contributed by atoms with van der Waals surface area (Å²) >= 11 is 3.35. The van der Waals surface area contributed by atoms with Crippen LogP contribution in [0.1, 0.15) is 11.6 Å². The Morgan fingerprint density at radius 3 is 2.75 bits per heavy atom. The van der Waals surface area contributed by atoms with Gasteiger partial charge >= 0.3 is 5.97 Å². The first-order valence-corrected chi connectivity index (χ1v) is 5.41. The van der Waals surface area contributed by atoms with Gasteiger partial charge in [0.15, 0.2) is 0 Å². The van der Waals surface area contributed by atoms with Crippen LogP contribution in [0.25, 0.3) is 0 Å². The average Bonchev–Trinajstić information content (AvgIpc) is 2.20. The topological polar surface area (TPSA) is 64.3 Å². The van der Waals surface area contributed by atoms with Crippen molar-refractivity contribution in [1.29, 1.82) is 5.26 Å². The summed E-state index contributed by atoms with van der Waals surface area (Å²) in [5, 5.41) is 17.8. The molecule has 0 aliphatic heterocycles. The molecule has 5 heteroatoms. The van der Waals surface area contributed by atoms with E-state index in [9.17, 15) is 4.79 Å². The van der Waals surface area contributed by atoms with Gasteiger partial charge in [0.25, 0.3) is 0 Å². The second-order valence-electron chi connectivity index (χ2n) is 3.36. The van der Waals surface area contributed by atoms with E-state index in [1.54, 1.807) is 13.1 Å². The second kappa shape index (κ2) is 5.64. The molecule has 0 aliphatic rings.